The van der Waals surface area contributed by atoms with Crippen LogP contribution >= 0.6 is 0 Å². The molecular weight excluding hydrogens is 376 g/mol. The summed E-state index contributed by atoms with van der Waals surface area (Å²) < 4.78 is 0. The lowest BCUT2D eigenvalue weighted by atomic mass is 10.1. The minimum atomic E-state index is -0.937. The van der Waals surface area contributed by atoms with E-state index in [1.807, 2.05) is 30.3 Å². The zero-order valence-corrected chi connectivity index (χ0v) is 16.5. The van der Waals surface area contributed by atoms with Gasteiger partial charge in [0.05, 0.1) is 19.1 Å². The van der Waals surface area contributed by atoms with Gasteiger partial charge in [0.25, 0.3) is 0 Å². The quantitative estimate of drug-likeness (QED) is 0.125. The van der Waals surface area contributed by atoms with E-state index in [0.29, 0.717) is 32.5 Å². The van der Waals surface area contributed by atoms with Gasteiger partial charge in [0.2, 0.25) is 17.7 Å². The summed E-state index contributed by atoms with van der Waals surface area (Å²) in [6.07, 6.45) is 0.260. The average molecular weight is 409 g/mol. The summed E-state index contributed by atoms with van der Waals surface area (Å²) in [4.78, 5) is 34.5. The molecule has 10 nitrogen and oxygen atoms in total. The smallest absolute Gasteiger partial charge is 0.237 e. The van der Waals surface area contributed by atoms with Gasteiger partial charge in [-0.2, -0.15) is 0 Å². The third-order valence-electron chi connectivity index (χ3n) is 4.07. The van der Waals surface area contributed by atoms with Crippen LogP contribution in [0.1, 0.15) is 18.4 Å². The summed E-state index contributed by atoms with van der Waals surface area (Å²) >= 11 is 0. The molecule has 0 spiro atoms. The summed E-state index contributed by atoms with van der Waals surface area (Å²) in [5.41, 5.74) is 11.3. The molecule has 0 saturated carbocycles. The maximum atomic E-state index is 12.6. The summed E-state index contributed by atoms with van der Waals surface area (Å²) in [5, 5.41) is 21.2. The molecule has 0 aliphatic rings. The topological polar surface area (TPSA) is 172 Å². The average Bonchev–Trinajstić information content (AvgIpc) is 2.72. The molecule has 0 saturated heterocycles. The van der Waals surface area contributed by atoms with Gasteiger partial charge in [-0.15, -0.1) is 0 Å². The SMILES string of the molecule is NCC(=O)NCCN[C@@H](Cc1ccccc1)C(=O)NCC(O)NCCCC(N)=O. The van der Waals surface area contributed by atoms with Crippen LogP contribution in [0.5, 0.6) is 0 Å². The molecule has 0 fully saturated rings. The van der Waals surface area contributed by atoms with Crippen molar-refractivity contribution in [2.75, 3.05) is 32.7 Å². The molecule has 0 aromatic heterocycles. The fraction of sp³-hybridized carbons (Fsp3) is 0.526. The number of rotatable bonds is 15. The Morgan fingerprint density at radius 2 is 1.72 bits per heavy atom. The summed E-state index contributed by atoms with van der Waals surface area (Å²) in [7, 11) is 0. The van der Waals surface area contributed by atoms with Crippen molar-refractivity contribution in [3.63, 3.8) is 0 Å². The van der Waals surface area contributed by atoms with Crippen molar-refractivity contribution in [1.29, 1.82) is 0 Å². The van der Waals surface area contributed by atoms with E-state index >= 15 is 0 Å². The first-order valence-electron chi connectivity index (χ1n) is 9.64. The van der Waals surface area contributed by atoms with Crippen LogP contribution in [-0.4, -0.2) is 67.8 Å². The van der Waals surface area contributed by atoms with Crippen molar-refractivity contribution < 1.29 is 19.5 Å². The van der Waals surface area contributed by atoms with E-state index in [2.05, 4.69) is 21.3 Å². The van der Waals surface area contributed by atoms with E-state index < -0.39 is 18.2 Å². The highest BCUT2D eigenvalue weighted by atomic mass is 16.3. The van der Waals surface area contributed by atoms with Gasteiger partial charge in [-0.3, -0.25) is 19.7 Å². The third-order valence-corrected chi connectivity index (χ3v) is 4.07. The number of carbonyl (C=O) groups excluding carboxylic acids is 3. The monoisotopic (exact) mass is 408 g/mol. The molecule has 0 aliphatic carbocycles. The van der Waals surface area contributed by atoms with Crippen LogP contribution < -0.4 is 32.7 Å². The Balaban J connectivity index is 2.46. The predicted octanol–water partition coefficient (Wildman–Crippen LogP) is -2.45. The first kappa shape index (κ1) is 24.5. The molecule has 1 rings (SSSR count). The van der Waals surface area contributed by atoms with E-state index in [1.54, 1.807) is 0 Å². The Morgan fingerprint density at radius 3 is 2.38 bits per heavy atom. The zero-order valence-electron chi connectivity index (χ0n) is 16.5. The fourth-order valence-electron chi connectivity index (χ4n) is 2.55. The van der Waals surface area contributed by atoms with Crippen molar-refractivity contribution in [2.45, 2.75) is 31.5 Å². The Morgan fingerprint density at radius 1 is 1.00 bits per heavy atom. The molecule has 0 bridgehead atoms. The van der Waals surface area contributed by atoms with Crippen LogP contribution in [0.3, 0.4) is 0 Å². The highest BCUT2D eigenvalue weighted by molar-refractivity contribution is 5.82. The lowest BCUT2D eigenvalue weighted by Crippen LogP contribution is -2.51. The normalized spacial score (nSPS) is 12.8. The van der Waals surface area contributed by atoms with E-state index in [9.17, 15) is 19.5 Å². The number of aliphatic hydroxyl groups excluding tert-OH is 1. The first-order valence-corrected chi connectivity index (χ1v) is 9.64. The van der Waals surface area contributed by atoms with Crippen molar-refractivity contribution in [3.05, 3.63) is 35.9 Å². The highest BCUT2D eigenvalue weighted by Gasteiger charge is 2.19. The number of amides is 3. The van der Waals surface area contributed by atoms with Gasteiger partial charge in [-0.25, -0.2) is 0 Å². The lowest BCUT2D eigenvalue weighted by molar-refractivity contribution is -0.123. The molecule has 1 unspecified atom stereocenters. The number of aliphatic hydroxyl groups is 1. The van der Waals surface area contributed by atoms with Crippen molar-refractivity contribution in [3.8, 4) is 0 Å². The molecule has 162 valence electrons. The van der Waals surface area contributed by atoms with E-state index in [1.165, 1.54) is 0 Å². The van der Waals surface area contributed by atoms with Crippen molar-refractivity contribution >= 4 is 17.7 Å². The van der Waals surface area contributed by atoms with Crippen molar-refractivity contribution in [2.24, 2.45) is 11.5 Å². The predicted molar refractivity (Wildman–Crippen MR) is 109 cm³/mol. The molecule has 0 radical (unpaired) electrons. The van der Waals surface area contributed by atoms with Gasteiger partial charge < -0.3 is 32.5 Å². The van der Waals surface area contributed by atoms with Gasteiger partial charge in [-0.05, 0) is 24.9 Å². The van der Waals surface area contributed by atoms with Gasteiger partial charge in [0.1, 0.15) is 6.23 Å². The molecule has 0 aliphatic heterocycles. The summed E-state index contributed by atoms with van der Waals surface area (Å²) in [5.74, 6) is -0.926. The maximum Gasteiger partial charge on any atom is 0.237 e. The molecule has 2 atom stereocenters. The van der Waals surface area contributed by atoms with Gasteiger partial charge in [-0.1, -0.05) is 30.3 Å². The zero-order chi connectivity index (χ0) is 21.5. The number of nitrogens with one attached hydrogen (secondary N) is 4. The van der Waals surface area contributed by atoms with Gasteiger partial charge in [0.15, 0.2) is 0 Å². The van der Waals surface area contributed by atoms with Crippen LogP contribution in [-0.2, 0) is 20.8 Å². The lowest BCUT2D eigenvalue weighted by Gasteiger charge is -2.20. The number of hydrogen-bond acceptors (Lipinski definition) is 7. The Bertz CT molecular complexity index is 628. The molecular formula is C19H32N6O4. The minimum Gasteiger partial charge on any atom is -0.377 e. The molecule has 3 amide bonds. The Hall–Kier alpha value is -2.53. The third kappa shape index (κ3) is 11.8. The minimum absolute atomic E-state index is 0.0201. The van der Waals surface area contributed by atoms with E-state index in [-0.39, 0.29) is 31.3 Å². The van der Waals surface area contributed by atoms with E-state index in [0.717, 1.165) is 5.56 Å². The van der Waals surface area contributed by atoms with Crippen LogP contribution in [0.4, 0.5) is 0 Å². The molecule has 10 heteroatoms. The molecule has 1 aromatic rings. The molecule has 0 heterocycles. The van der Waals surface area contributed by atoms with Gasteiger partial charge >= 0.3 is 0 Å². The largest absolute Gasteiger partial charge is 0.377 e. The van der Waals surface area contributed by atoms with Crippen LogP contribution in [0, 0.1) is 0 Å². The fourth-order valence-corrected chi connectivity index (χ4v) is 2.55. The summed E-state index contributed by atoms with van der Waals surface area (Å²) in [6, 6.07) is 9.00. The second-order valence-corrected chi connectivity index (χ2v) is 6.54. The molecule has 1 aromatic carbocycles. The Kier molecular flexibility index (Phi) is 12.2. The number of nitrogens with two attached hydrogens (primary N) is 2. The van der Waals surface area contributed by atoms with Crippen molar-refractivity contribution in [1.82, 2.24) is 21.3 Å². The maximum absolute atomic E-state index is 12.6. The number of carbonyl (C=O) groups is 3. The van der Waals surface area contributed by atoms with E-state index in [4.69, 9.17) is 11.5 Å². The number of hydrogen-bond donors (Lipinski definition) is 7. The number of benzene rings is 1. The molecule has 9 N–H and O–H groups in total. The second-order valence-electron chi connectivity index (χ2n) is 6.54. The van der Waals surface area contributed by atoms with Crippen LogP contribution in [0.2, 0.25) is 0 Å². The Labute approximate surface area is 170 Å². The standard InChI is InChI=1S/C19H32N6O4/c20-12-17(27)24-10-9-22-15(11-14-5-2-1-3-6-14)19(29)25-13-18(28)23-8-4-7-16(21)26/h1-3,5-6,15,18,22-23,28H,4,7-13,20H2,(H2,21,26)(H,24,27)(H,25,29)/t15-,18?/m0/s1. The number of primary amides is 1. The summed E-state index contributed by atoms with van der Waals surface area (Å²) in [6.45, 7) is 1.08. The van der Waals surface area contributed by atoms with Gasteiger partial charge in [0, 0.05) is 19.5 Å². The second kappa shape index (κ2) is 14.5. The highest BCUT2D eigenvalue weighted by Crippen LogP contribution is 2.03. The van der Waals surface area contributed by atoms with Crippen LogP contribution in [0.15, 0.2) is 30.3 Å². The van der Waals surface area contributed by atoms with Crippen LogP contribution in [0.25, 0.3) is 0 Å². The first-order chi connectivity index (χ1) is 13.9. The molecule has 29 heavy (non-hydrogen) atoms.